The van der Waals surface area contributed by atoms with Crippen molar-refractivity contribution in [1.29, 1.82) is 0 Å². The van der Waals surface area contributed by atoms with Crippen LogP contribution in [0.4, 0.5) is 13.2 Å². The SMILES string of the molecule is NC(CC(O)c1ccc2c(c1)CCCC2)C(F)(F)F. The van der Waals surface area contributed by atoms with Crippen molar-refractivity contribution in [2.45, 2.75) is 50.4 Å². The minimum atomic E-state index is -4.46. The molecule has 2 atom stereocenters. The maximum atomic E-state index is 12.4. The lowest BCUT2D eigenvalue weighted by Gasteiger charge is -2.21. The molecular formula is C14H18F3NO. The van der Waals surface area contributed by atoms with E-state index in [9.17, 15) is 18.3 Å². The average Bonchev–Trinajstić information content (AvgIpc) is 2.37. The van der Waals surface area contributed by atoms with E-state index < -0.39 is 24.7 Å². The Morgan fingerprint density at radius 1 is 1.16 bits per heavy atom. The van der Waals surface area contributed by atoms with E-state index in [1.54, 1.807) is 6.07 Å². The highest BCUT2D eigenvalue weighted by atomic mass is 19.4. The lowest BCUT2D eigenvalue weighted by atomic mass is 9.89. The zero-order valence-electron chi connectivity index (χ0n) is 10.6. The molecule has 0 radical (unpaired) electrons. The van der Waals surface area contributed by atoms with Gasteiger partial charge in [-0.1, -0.05) is 18.2 Å². The standard InChI is InChI=1S/C14H18F3NO/c15-14(16,17)13(18)8-12(19)11-6-5-9-3-1-2-4-10(9)7-11/h5-7,12-13,19H,1-4,8,18H2. The van der Waals surface area contributed by atoms with Gasteiger partial charge in [0, 0.05) is 6.42 Å². The number of halogens is 3. The molecule has 1 aliphatic rings. The molecule has 1 aromatic rings. The van der Waals surface area contributed by atoms with Gasteiger partial charge >= 0.3 is 6.18 Å². The number of fused-ring (bicyclic) bond motifs is 1. The van der Waals surface area contributed by atoms with Crippen molar-refractivity contribution in [1.82, 2.24) is 0 Å². The summed E-state index contributed by atoms with van der Waals surface area (Å²) in [6.07, 6.45) is -1.95. The Labute approximate surface area is 110 Å². The summed E-state index contributed by atoms with van der Waals surface area (Å²) in [4.78, 5) is 0. The molecule has 0 amide bonds. The normalized spacial score (nSPS) is 18.8. The smallest absolute Gasteiger partial charge is 0.388 e. The number of benzene rings is 1. The molecule has 1 aliphatic carbocycles. The lowest BCUT2D eigenvalue weighted by Crippen LogP contribution is -2.38. The summed E-state index contributed by atoms with van der Waals surface area (Å²) >= 11 is 0. The van der Waals surface area contributed by atoms with Crippen molar-refractivity contribution >= 4 is 0 Å². The van der Waals surface area contributed by atoms with Gasteiger partial charge in [0.25, 0.3) is 0 Å². The molecule has 3 N–H and O–H groups in total. The molecule has 0 spiro atoms. The van der Waals surface area contributed by atoms with E-state index in [1.807, 2.05) is 12.1 Å². The molecule has 19 heavy (non-hydrogen) atoms. The molecule has 0 aliphatic heterocycles. The second kappa shape index (κ2) is 5.51. The number of hydrogen-bond acceptors (Lipinski definition) is 2. The fraction of sp³-hybridized carbons (Fsp3) is 0.571. The van der Waals surface area contributed by atoms with Crippen LogP contribution in [0.3, 0.4) is 0 Å². The summed E-state index contributed by atoms with van der Waals surface area (Å²) in [6.45, 7) is 0. The van der Waals surface area contributed by atoms with Gasteiger partial charge in [0.05, 0.1) is 6.10 Å². The maximum absolute atomic E-state index is 12.4. The minimum Gasteiger partial charge on any atom is -0.388 e. The van der Waals surface area contributed by atoms with Crippen LogP contribution in [-0.2, 0) is 12.8 Å². The van der Waals surface area contributed by atoms with E-state index in [1.165, 1.54) is 5.56 Å². The third-order valence-corrected chi connectivity index (χ3v) is 3.65. The highest BCUT2D eigenvalue weighted by molar-refractivity contribution is 5.34. The fourth-order valence-electron chi connectivity index (χ4n) is 2.47. The van der Waals surface area contributed by atoms with Gasteiger partial charge in [-0.3, -0.25) is 0 Å². The van der Waals surface area contributed by atoms with Gasteiger partial charge < -0.3 is 10.8 Å². The Balaban J connectivity index is 2.09. The second-order valence-corrected chi connectivity index (χ2v) is 5.13. The number of rotatable bonds is 3. The first-order valence-corrected chi connectivity index (χ1v) is 6.50. The zero-order valence-corrected chi connectivity index (χ0v) is 10.6. The predicted octanol–water partition coefficient (Wildman–Crippen LogP) is 2.88. The van der Waals surface area contributed by atoms with Crippen molar-refractivity contribution in [2.24, 2.45) is 5.73 Å². The van der Waals surface area contributed by atoms with Crippen LogP contribution in [0.25, 0.3) is 0 Å². The Morgan fingerprint density at radius 2 is 1.79 bits per heavy atom. The Bertz CT molecular complexity index is 445. The third kappa shape index (κ3) is 3.48. The van der Waals surface area contributed by atoms with E-state index >= 15 is 0 Å². The van der Waals surface area contributed by atoms with E-state index in [0.29, 0.717) is 5.56 Å². The van der Waals surface area contributed by atoms with Crippen LogP contribution in [0.2, 0.25) is 0 Å². The molecular weight excluding hydrogens is 255 g/mol. The molecule has 5 heteroatoms. The molecule has 0 fully saturated rings. The first kappa shape index (κ1) is 14.3. The third-order valence-electron chi connectivity index (χ3n) is 3.65. The number of nitrogens with two attached hydrogens (primary N) is 1. The molecule has 0 heterocycles. The molecule has 0 bridgehead atoms. The molecule has 0 saturated heterocycles. The average molecular weight is 273 g/mol. The minimum absolute atomic E-state index is 0.498. The fourth-order valence-corrected chi connectivity index (χ4v) is 2.47. The lowest BCUT2D eigenvalue weighted by molar-refractivity contribution is -0.153. The summed E-state index contributed by atoms with van der Waals surface area (Å²) in [5.41, 5.74) is 7.95. The van der Waals surface area contributed by atoms with Crippen LogP contribution < -0.4 is 5.73 Å². The first-order valence-electron chi connectivity index (χ1n) is 6.50. The molecule has 0 saturated carbocycles. The largest absolute Gasteiger partial charge is 0.403 e. The quantitative estimate of drug-likeness (QED) is 0.889. The highest BCUT2D eigenvalue weighted by Crippen LogP contribution is 2.29. The zero-order chi connectivity index (χ0) is 14.0. The summed E-state index contributed by atoms with van der Waals surface area (Å²) < 4.78 is 37.1. The Morgan fingerprint density at radius 3 is 2.42 bits per heavy atom. The van der Waals surface area contributed by atoms with Gasteiger partial charge in [0.2, 0.25) is 0 Å². The monoisotopic (exact) mass is 273 g/mol. The second-order valence-electron chi connectivity index (χ2n) is 5.13. The number of hydrogen-bond donors (Lipinski definition) is 2. The Kier molecular flexibility index (Phi) is 4.16. The molecule has 106 valence electrons. The van der Waals surface area contributed by atoms with Gasteiger partial charge in [0.1, 0.15) is 6.04 Å². The molecule has 1 aromatic carbocycles. The number of alkyl halides is 3. The van der Waals surface area contributed by atoms with E-state index in [-0.39, 0.29) is 0 Å². The van der Waals surface area contributed by atoms with Gasteiger partial charge in [-0.2, -0.15) is 13.2 Å². The van der Waals surface area contributed by atoms with Gasteiger partial charge in [-0.15, -0.1) is 0 Å². The van der Waals surface area contributed by atoms with Crippen LogP contribution in [0.5, 0.6) is 0 Å². The van der Waals surface area contributed by atoms with Crippen molar-refractivity contribution in [2.75, 3.05) is 0 Å². The van der Waals surface area contributed by atoms with Crippen molar-refractivity contribution < 1.29 is 18.3 Å². The van der Waals surface area contributed by atoms with Crippen molar-refractivity contribution in [3.05, 3.63) is 34.9 Å². The van der Waals surface area contributed by atoms with Crippen molar-refractivity contribution in [3.63, 3.8) is 0 Å². The topological polar surface area (TPSA) is 46.2 Å². The van der Waals surface area contributed by atoms with Crippen LogP contribution in [0, 0.1) is 0 Å². The van der Waals surface area contributed by atoms with Crippen LogP contribution in [0.1, 0.15) is 42.1 Å². The molecule has 0 aromatic heterocycles. The number of aliphatic hydroxyl groups excluding tert-OH is 1. The number of aryl methyl sites for hydroxylation is 2. The summed E-state index contributed by atoms with van der Waals surface area (Å²) in [6, 6.07) is 3.45. The van der Waals surface area contributed by atoms with Gasteiger partial charge in [-0.25, -0.2) is 0 Å². The van der Waals surface area contributed by atoms with Crippen molar-refractivity contribution in [3.8, 4) is 0 Å². The van der Waals surface area contributed by atoms with E-state index in [2.05, 4.69) is 0 Å². The van der Waals surface area contributed by atoms with Gasteiger partial charge in [0.15, 0.2) is 0 Å². The van der Waals surface area contributed by atoms with Crippen LogP contribution in [-0.4, -0.2) is 17.3 Å². The summed E-state index contributed by atoms with van der Waals surface area (Å²) in [5.74, 6) is 0. The summed E-state index contributed by atoms with van der Waals surface area (Å²) in [7, 11) is 0. The predicted molar refractivity (Wildman–Crippen MR) is 66.7 cm³/mol. The molecule has 2 unspecified atom stereocenters. The van der Waals surface area contributed by atoms with Crippen LogP contribution in [0.15, 0.2) is 18.2 Å². The summed E-state index contributed by atoms with van der Waals surface area (Å²) in [5, 5.41) is 9.88. The van der Waals surface area contributed by atoms with Gasteiger partial charge in [-0.05, 0) is 42.4 Å². The molecule has 2 nitrogen and oxygen atoms in total. The Hall–Kier alpha value is -1.07. The highest BCUT2D eigenvalue weighted by Gasteiger charge is 2.38. The first-order chi connectivity index (χ1) is 8.88. The maximum Gasteiger partial charge on any atom is 0.403 e. The molecule has 2 rings (SSSR count). The van der Waals surface area contributed by atoms with E-state index in [0.717, 1.165) is 31.2 Å². The van der Waals surface area contributed by atoms with E-state index in [4.69, 9.17) is 5.73 Å². The van der Waals surface area contributed by atoms with Crippen LogP contribution >= 0.6 is 0 Å². The number of aliphatic hydroxyl groups is 1.